The van der Waals surface area contributed by atoms with Crippen LogP contribution in [0, 0.1) is 0 Å². The first-order chi connectivity index (χ1) is 11.0. The summed E-state index contributed by atoms with van der Waals surface area (Å²) in [5.74, 6) is -2.42. The number of carbonyl (C=O) groups is 2. The predicted molar refractivity (Wildman–Crippen MR) is 75.0 cm³/mol. The molecule has 2 heterocycles. The van der Waals surface area contributed by atoms with Gasteiger partial charge in [-0.25, -0.2) is 0 Å². The molecule has 1 aliphatic heterocycles. The van der Waals surface area contributed by atoms with E-state index in [1.807, 2.05) is 0 Å². The molecule has 0 aliphatic carbocycles. The van der Waals surface area contributed by atoms with Crippen LogP contribution in [0.5, 0.6) is 5.75 Å². The van der Waals surface area contributed by atoms with E-state index in [-0.39, 0.29) is 11.4 Å². The van der Waals surface area contributed by atoms with Crippen LogP contribution in [0.3, 0.4) is 0 Å². The molecule has 118 valence electrons. The molecular weight excluding hydrogens is 310 g/mol. The zero-order valence-electron chi connectivity index (χ0n) is 11.6. The van der Waals surface area contributed by atoms with E-state index >= 15 is 0 Å². The third-order valence-corrected chi connectivity index (χ3v) is 3.06. The minimum absolute atomic E-state index is 0.103. The number of para-hydroxylation sites is 2. The second kappa shape index (κ2) is 5.59. The minimum atomic E-state index is -4.02. The fourth-order valence-electron chi connectivity index (χ4n) is 2.08. The van der Waals surface area contributed by atoms with E-state index in [1.165, 1.54) is 36.7 Å². The van der Waals surface area contributed by atoms with Gasteiger partial charge >= 0.3 is 12.0 Å². The molecule has 2 aromatic rings. The lowest BCUT2D eigenvalue weighted by Gasteiger charge is -2.32. The molecule has 0 radical (unpaired) electrons. The topological polar surface area (TPSA) is 84.4 Å². The molecule has 0 atom stereocenters. The van der Waals surface area contributed by atoms with Gasteiger partial charge in [-0.1, -0.05) is 12.1 Å². The Bertz CT molecular complexity index is 755. The van der Waals surface area contributed by atoms with Crippen molar-refractivity contribution < 1.29 is 23.1 Å². The average molecular weight is 320 g/mol. The van der Waals surface area contributed by atoms with E-state index in [2.05, 4.69) is 20.3 Å². The molecule has 9 heteroatoms. The highest BCUT2D eigenvalue weighted by Gasteiger charge is 2.50. The Balaban J connectivity index is 1.83. The Morgan fingerprint density at radius 2 is 2.04 bits per heavy atom. The Hall–Kier alpha value is -3.10. The molecule has 1 aliphatic rings. The van der Waals surface area contributed by atoms with Crippen molar-refractivity contribution in [2.75, 3.05) is 16.8 Å². The number of amides is 2. The maximum absolute atomic E-state index is 13.6. The SMILES string of the molecule is O=C(CN1C(=O)C(F)(F)Oc2ccccc21)Nc1ccnnc1. The lowest BCUT2D eigenvalue weighted by Crippen LogP contribution is -2.52. The zero-order chi connectivity index (χ0) is 16.4. The number of hydrogen-bond donors (Lipinski definition) is 1. The first-order valence-corrected chi connectivity index (χ1v) is 6.52. The standard InChI is InChI=1S/C14H10F2N4O3/c15-14(16)13(22)20(10-3-1-2-4-11(10)23-14)8-12(21)19-9-5-6-17-18-7-9/h1-7H,8H2,(H,17,19,21). The highest BCUT2D eigenvalue weighted by atomic mass is 19.3. The molecule has 0 spiro atoms. The van der Waals surface area contributed by atoms with Gasteiger partial charge in [-0.15, -0.1) is 0 Å². The maximum Gasteiger partial charge on any atom is 0.482 e. The fraction of sp³-hybridized carbons (Fsp3) is 0.143. The van der Waals surface area contributed by atoms with E-state index in [0.717, 1.165) is 0 Å². The molecule has 1 aromatic carbocycles. The fourth-order valence-corrected chi connectivity index (χ4v) is 2.08. The molecule has 0 unspecified atom stereocenters. The van der Waals surface area contributed by atoms with E-state index in [9.17, 15) is 18.4 Å². The number of hydrogen-bond acceptors (Lipinski definition) is 5. The number of ether oxygens (including phenoxy) is 1. The average Bonchev–Trinajstić information content (AvgIpc) is 2.52. The third-order valence-electron chi connectivity index (χ3n) is 3.06. The minimum Gasteiger partial charge on any atom is -0.423 e. The lowest BCUT2D eigenvalue weighted by atomic mass is 10.2. The normalized spacial score (nSPS) is 15.6. The van der Waals surface area contributed by atoms with Gasteiger partial charge in [0, 0.05) is 0 Å². The molecule has 3 rings (SSSR count). The van der Waals surface area contributed by atoms with E-state index < -0.39 is 24.5 Å². The van der Waals surface area contributed by atoms with Gasteiger partial charge in [0.1, 0.15) is 6.54 Å². The van der Waals surface area contributed by atoms with Crippen LogP contribution in [0.4, 0.5) is 20.2 Å². The number of halogens is 2. The number of aromatic nitrogens is 2. The van der Waals surface area contributed by atoms with E-state index in [4.69, 9.17) is 0 Å². The summed E-state index contributed by atoms with van der Waals surface area (Å²) in [5, 5.41) is 9.57. The van der Waals surface area contributed by atoms with Gasteiger partial charge in [-0.3, -0.25) is 14.5 Å². The predicted octanol–water partition coefficient (Wildman–Crippen LogP) is 1.43. The summed E-state index contributed by atoms with van der Waals surface area (Å²) < 4.78 is 31.7. The first-order valence-electron chi connectivity index (χ1n) is 6.52. The molecule has 2 amide bonds. The lowest BCUT2D eigenvalue weighted by molar-refractivity contribution is -0.192. The number of alkyl halides is 2. The largest absolute Gasteiger partial charge is 0.482 e. The summed E-state index contributed by atoms with van der Waals surface area (Å²) in [7, 11) is 0. The zero-order valence-corrected chi connectivity index (χ0v) is 11.6. The van der Waals surface area contributed by atoms with Crippen LogP contribution in [0.25, 0.3) is 0 Å². The molecule has 0 bridgehead atoms. The maximum atomic E-state index is 13.6. The smallest absolute Gasteiger partial charge is 0.423 e. The number of rotatable bonds is 3. The van der Waals surface area contributed by atoms with Crippen molar-refractivity contribution in [2.45, 2.75) is 6.11 Å². The molecule has 7 nitrogen and oxygen atoms in total. The van der Waals surface area contributed by atoms with Gasteiger partial charge < -0.3 is 10.1 Å². The summed E-state index contributed by atoms with van der Waals surface area (Å²) >= 11 is 0. The monoisotopic (exact) mass is 320 g/mol. The number of nitrogens with one attached hydrogen (secondary N) is 1. The van der Waals surface area contributed by atoms with E-state index in [0.29, 0.717) is 10.6 Å². The van der Waals surface area contributed by atoms with Crippen LogP contribution in [0.2, 0.25) is 0 Å². The summed E-state index contributed by atoms with van der Waals surface area (Å²) in [5.41, 5.74) is 0.442. The first kappa shape index (κ1) is 14.8. The van der Waals surface area contributed by atoms with Gasteiger partial charge in [0.05, 0.1) is 23.8 Å². The molecule has 1 aromatic heterocycles. The van der Waals surface area contributed by atoms with Gasteiger partial charge in [0.25, 0.3) is 0 Å². The number of fused-ring (bicyclic) bond motifs is 1. The Kier molecular flexibility index (Phi) is 3.61. The van der Waals surface area contributed by atoms with Gasteiger partial charge in [0.15, 0.2) is 5.75 Å². The molecule has 23 heavy (non-hydrogen) atoms. The highest BCUT2D eigenvalue weighted by Crippen LogP contribution is 2.38. The molecular formula is C14H10F2N4O3. The molecule has 0 saturated carbocycles. The van der Waals surface area contributed by atoms with Crippen molar-refractivity contribution in [3.63, 3.8) is 0 Å². The van der Waals surface area contributed by atoms with Crippen molar-refractivity contribution in [3.05, 3.63) is 42.7 Å². The van der Waals surface area contributed by atoms with Gasteiger partial charge in [0.2, 0.25) is 5.91 Å². The van der Waals surface area contributed by atoms with Crippen molar-refractivity contribution in [1.29, 1.82) is 0 Å². The van der Waals surface area contributed by atoms with Crippen LogP contribution >= 0.6 is 0 Å². The van der Waals surface area contributed by atoms with Crippen molar-refractivity contribution in [2.24, 2.45) is 0 Å². The second-order valence-corrected chi connectivity index (χ2v) is 4.66. The number of nitrogens with zero attached hydrogens (tertiary/aromatic N) is 3. The van der Waals surface area contributed by atoms with Crippen molar-refractivity contribution >= 4 is 23.2 Å². The van der Waals surface area contributed by atoms with Gasteiger partial charge in [-0.05, 0) is 18.2 Å². The Morgan fingerprint density at radius 1 is 1.26 bits per heavy atom. The van der Waals surface area contributed by atoms with Crippen molar-refractivity contribution in [1.82, 2.24) is 10.2 Å². The van der Waals surface area contributed by atoms with Crippen LogP contribution in [0.1, 0.15) is 0 Å². The number of benzene rings is 1. The van der Waals surface area contributed by atoms with Gasteiger partial charge in [-0.2, -0.15) is 19.0 Å². The summed E-state index contributed by atoms with van der Waals surface area (Å²) in [6.07, 6.45) is -1.37. The third kappa shape index (κ3) is 2.93. The quantitative estimate of drug-likeness (QED) is 0.925. The summed E-state index contributed by atoms with van der Waals surface area (Å²) in [4.78, 5) is 24.5. The summed E-state index contributed by atoms with van der Waals surface area (Å²) in [6, 6.07) is 7.24. The molecule has 0 fully saturated rings. The Morgan fingerprint density at radius 3 is 2.78 bits per heavy atom. The highest BCUT2D eigenvalue weighted by molar-refractivity contribution is 6.06. The number of carbonyl (C=O) groups excluding carboxylic acids is 2. The molecule has 0 saturated heterocycles. The van der Waals surface area contributed by atoms with Crippen LogP contribution in [0.15, 0.2) is 42.7 Å². The van der Waals surface area contributed by atoms with E-state index in [1.54, 1.807) is 6.07 Å². The van der Waals surface area contributed by atoms with Crippen LogP contribution in [-0.2, 0) is 9.59 Å². The summed E-state index contributed by atoms with van der Waals surface area (Å²) in [6.45, 7) is -0.586. The molecule has 1 N–H and O–H groups in total. The number of anilines is 2. The van der Waals surface area contributed by atoms with Crippen molar-refractivity contribution in [3.8, 4) is 5.75 Å². The van der Waals surface area contributed by atoms with Crippen LogP contribution in [-0.4, -0.2) is 34.7 Å². The van der Waals surface area contributed by atoms with Crippen LogP contribution < -0.4 is 15.0 Å². The second-order valence-electron chi connectivity index (χ2n) is 4.66. The Labute approximate surface area is 128 Å².